The molecule has 7 fully saturated rings. The number of epoxide rings is 1. The first kappa shape index (κ1) is 15.0. The monoisotopic (exact) mass is 330 g/mol. The Morgan fingerprint density at radius 3 is 1.88 bits per heavy atom. The summed E-state index contributed by atoms with van der Waals surface area (Å²) in [6.45, 7) is 0. The molecule has 0 aromatic heterocycles. The molecule has 134 valence electrons. The predicted octanol–water partition coefficient (Wildman–Crippen LogP) is 4.95. The molecule has 3 aliphatic heterocycles. The van der Waals surface area contributed by atoms with Gasteiger partial charge < -0.3 is 9.47 Å². The summed E-state index contributed by atoms with van der Waals surface area (Å²) in [5.41, 5.74) is 0. The predicted molar refractivity (Wildman–Crippen MR) is 93.7 cm³/mol. The molecule has 2 bridgehead atoms. The zero-order valence-corrected chi connectivity index (χ0v) is 15.1. The second kappa shape index (κ2) is 5.71. The van der Waals surface area contributed by atoms with Gasteiger partial charge in [-0.15, -0.1) is 0 Å². The first-order valence-corrected chi connectivity index (χ1v) is 11.2. The van der Waals surface area contributed by atoms with Crippen LogP contribution in [0.3, 0.4) is 0 Å². The second-order valence-corrected chi connectivity index (χ2v) is 10.2. The minimum atomic E-state index is 0.623. The third-order valence-corrected chi connectivity index (χ3v) is 9.11. The number of hydrogen-bond donors (Lipinski definition) is 0. The van der Waals surface area contributed by atoms with E-state index in [1.165, 1.54) is 51.4 Å². The van der Waals surface area contributed by atoms with Gasteiger partial charge in [0.05, 0.1) is 24.4 Å². The third-order valence-electron chi connectivity index (χ3n) is 9.11. The number of rotatable bonds is 2. The Bertz CT molecular complexity index is 478. The fourth-order valence-electron chi connectivity index (χ4n) is 7.79. The first-order valence-electron chi connectivity index (χ1n) is 11.2. The summed E-state index contributed by atoms with van der Waals surface area (Å²) in [7, 11) is 0. The lowest BCUT2D eigenvalue weighted by atomic mass is 9.58. The van der Waals surface area contributed by atoms with E-state index in [1.807, 2.05) is 0 Å². The molecule has 2 nitrogen and oxygen atoms in total. The fourth-order valence-corrected chi connectivity index (χ4v) is 7.79. The number of hydrogen-bond acceptors (Lipinski definition) is 2. The van der Waals surface area contributed by atoms with E-state index < -0.39 is 0 Å². The van der Waals surface area contributed by atoms with Crippen molar-refractivity contribution in [1.29, 1.82) is 0 Å². The Morgan fingerprint density at radius 1 is 0.417 bits per heavy atom. The van der Waals surface area contributed by atoms with Crippen LogP contribution in [-0.4, -0.2) is 24.4 Å². The SMILES string of the molecule is C1CCC2CC(C3CC4OC(C3)C4C3CCC4OC4C3)CCC2C1. The van der Waals surface area contributed by atoms with Crippen LogP contribution < -0.4 is 0 Å². The van der Waals surface area contributed by atoms with Gasteiger partial charge in [0.1, 0.15) is 0 Å². The lowest BCUT2D eigenvalue weighted by molar-refractivity contribution is -0.252. The minimum absolute atomic E-state index is 0.623. The highest BCUT2D eigenvalue weighted by atomic mass is 16.6. The number of fused-ring (bicyclic) bond motifs is 4. The lowest BCUT2D eigenvalue weighted by Gasteiger charge is -2.57. The molecule has 0 aromatic rings. The minimum Gasteiger partial charge on any atom is -0.374 e. The van der Waals surface area contributed by atoms with E-state index in [4.69, 9.17) is 9.47 Å². The summed E-state index contributed by atoms with van der Waals surface area (Å²) in [6.07, 6.45) is 20.2. The van der Waals surface area contributed by atoms with Crippen LogP contribution in [0.15, 0.2) is 0 Å². The molecule has 0 radical (unpaired) electrons. The first-order chi connectivity index (χ1) is 11.8. The Balaban J connectivity index is 1.08. The molecule has 7 rings (SSSR count). The molecule has 24 heavy (non-hydrogen) atoms. The van der Waals surface area contributed by atoms with Crippen molar-refractivity contribution in [2.24, 2.45) is 35.5 Å². The van der Waals surface area contributed by atoms with Crippen LogP contribution in [0, 0.1) is 35.5 Å². The molecule has 3 heterocycles. The summed E-state index contributed by atoms with van der Waals surface area (Å²) in [5.74, 6) is 6.06. The van der Waals surface area contributed by atoms with Gasteiger partial charge in [0.25, 0.3) is 0 Å². The Hall–Kier alpha value is -0.0800. The zero-order valence-electron chi connectivity index (χ0n) is 15.1. The van der Waals surface area contributed by atoms with Gasteiger partial charge in [-0.25, -0.2) is 0 Å². The van der Waals surface area contributed by atoms with Crippen LogP contribution in [0.5, 0.6) is 0 Å². The maximum Gasteiger partial charge on any atom is 0.0844 e. The van der Waals surface area contributed by atoms with Gasteiger partial charge >= 0.3 is 0 Å². The van der Waals surface area contributed by atoms with Crippen LogP contribution in [0.1, 0.15) is 77.0 Å². The molecule has 8 atom stereocenters. The van der Waals surface area contributed by atoms with E-state index in [1.54, 1.807) is 25.7 Å². The quantitative estimate of drug-likeness (QED) is 0.668. The highest BCUT2D eigenvalue weighted by Crippen LogP contribution is 2.56. The van der Waals surface area contributed by atoms with E-state index >= 15 is 0 Å². The van der Waals surface area contributed by atoms with E-state index in [9.17, 15) is 0 Å². The second-order valence-electron chi connectivity index (χ2n) is 10.2. The highest BCUT2D eigenvalue weighted by molar-refractivity contribution is 5.04. The standard InChI is InChI=1S/C22H34O2/c1-2-4-14-9-15(6-5-13(14)3-1)17-11-20-22(21(12-17)24-20)16-7-8-18-19(10-16)23-18/h13-22H,1-12H2. The highest BCUT2D eigenvalue weighted by Gasteiger charge is 2.56. The van der Waals surface area contributed by atoms with Crippen molar-refractivity contribution >= 4 is 0 Å². The molecule has 0 aromatic carbocycles. The molecule has 7 aliphatic rings. The molecule has 0 spiro atoms. The van der Waals surface area contributed by atoms with Gasteiger partial charge in [0, 0.05) is 5.92 Å². The Kier molecular flexibility index (Phi) is 3.57. The van der Waals surface area contributed by atoms with Gasteiger partial charge in [0.2, 0.25) is 0 Å². The Morgan fingerprint density at radius 2 is 1.04 bits per heavy atom. The molecule has 2 heteroatoms. The molecule has 0 amide bonds. The van der Waals surface area contributed by atoms with Gasteiger partial charge in [-0.1, -0.05) is 25.7 Å². The van der Waals surface area contributed by atoms with Crippen molar-refractivity contribution in [1.82, 2.24) is 0 Å². The maximum absolute atomic E-state index is 6.28. The Labute approximate surface area is 147 Å². The third kappa shape index (κ3) is 2.42. The summed E-state index contributed by atoms with van der Waals surface area (Å²) in [4.78, 5) is 0. The molecule has 4 saturated carbocycles. The summed E-state index contributed by atoms with van der Waals surface area (Å²) in [6, 6.07) is 0. The molecule has 4 aliphatic carbocycles. The van der Waals surface area contributed by atoms with Crippen molar-refractivity contribution in [2.45, 2.75) is 101 Å². The molecule has 3 saturated heterocycles. The van der Waals surface area contributed by atoms with Gasteiger partial charge in [0.15, 0.2) is 0 Å². The van der Waals surface area contributed by atoms with Gasteiger partial charge in [-0.05, 0) is 81.0 Å². The average molecular weight is 331 g/mol. The van der Waals surface area contributed by atoms with Crippen LogP contribution in [0.4, 0.5) is 0 Å². The molecule has 8 unspecified atom stereocenters. The van der Waals surface area contributed by atoms with Crippen molar-refractivity contribution in [3.05, 3.63) is 0 Å². The van der Waals surface area contributed by atoms with E-state index in [0.717, 1.165) is 35.5 Å². The van der Waals surface area contributed by atoms with E-state index in [-0.39, 0.29) is 0 Å². The van der Waals surface area contributed by atoms with Crippen molar-refractivity contribution in [3.8, 4) is 0 Å². The average Bonchev–Trinajstić information content (AvgIpc) is 3.40. The summed E-state index contributed by atoms with van der Waals surface area (Å²) < 4.78 is 12.1. The fraction of sp³-hybridized carbons (Fsp3) is 1.00. The van der Waals surface area contributed by atoms with Crippen molar-refractivity contribution in [2.75, 3.05) is 0 Å². The maximum atomic E-state index is 6.28. The largest absolute Gasteiger partial charge is 0.374 e. The molecule has 0 N–H and O–H groups in total. The topological polar surface area (TPSA) is 21.8 Å². The number of ether oxygens (including phenoxy) is 2. The van der Waals surface area contributed by atoms with Gasteiger partial charge in [-0.3, -0.25) is 0 Å². The zero-order chi connectivity index (χ0) is 15.7. The van der Waals surface area contributed by atoms with Crippen molar-refractivity contribution < 1.29 is 9.47 Å². The molecular weight excluding hydrogens is 296 g/mol. The van der Waals surface area contributed by atoms with Gasteiger partial charge in [-0.2, -0.15) is 0 Å². The van der Waals surface area contributed by atoms with Crippen LogP contribution >= 0.6 is 0 Å². The van der Waals surface area contributed by atoms with Crippen molar-refractivity contribution in [3.63, 3.8) is 0 Å². The molecular formula is C22H34O2. The normalized spacial score (nSPS) is 59.0. The van der Waals surface area contributed by atoms with Crippen LogP contribution in [-0.2, 0) is 9.47 Å². The summed E-state index contributed by atoms with van der Waals surface area (Å²) >= 11 is 0. The van der Waals surface area contributed by atoms with Crippen LogP contribution in [0.2, 0.25) is 0 Å². The smallest absolute Gasteiger partial charge is 0.0844 e. The lowest BCUT2D eigenvalue weighted by Crippen LogP contribution is -2.59. The van der Waals surface area contributed by atoms with E-state index in [0.29, 0.717) is 24.4 Å². The summed E-state index contributed by atoms with van der Waals surface area (Å²) in [5, 5.41) is 0. The van der Waals surface area contributed by atoms with Crippen LogP contribution in [0.25, 0.3) is 0 Å². The van der Waals surface area contributed by atoms with E-state index in [2.05, 4.69) is 0 Å².